The largest absolute Gasteiger partial charge is 0.376 e. The Labute approximate surface area is 124 Å². The molecule has 1 rings (SSSR count). The number of nitrogens with two attached hydrogens (primary N) is 1. The standard InChI is InChI=1S/C15H23BrN2O/c1-11(2)10-19-7-6-18-15(9-17)13-5-4-12(3)14(16)8-13/h4-5,8,15,18H,1,6-7,9-10,17H2,2-3H3. The minimum Gasteiger partial charge on any atom is -0.376 e. The first-order valence-corrected chi connectivity index (χ1v) is 7.25. The van der Waals surface area contributed by atoms with Crippen LogP contribution < -0.4 is 11.1 Å². The van der Waals surface area contributed by atoms with Gasteiger partial charge in [0.25, 0.3) is 0 Å². The molecule has 0 aromatic heterocycles. The molecule has 4 heteroatoms. The normalized spacial score (nSPS) is 12.4. The molecule has 0 fully saturated rings. The Hall–Kier alpha value is -0.680. The zero-order valence-electron chi connectivity index (χ0n) is 11.7. The van der Waals surface area contributed by atoms with Crippen LogP contribution in [0.15, 0.2) is 34.8 Å². The summed E-state index contributed by atoms with van der Waals surface area (Å²) in [6, 6.07) is 6.49. The first-order valence-electron chi connectivity index (χ1n) is 6.46. The second kappa shape index (κ2) is 8.48. The molecule has 106 valence electrons. The first kappa shape index (κ1) is 16.4. The van der Waals surface area contributed by atoms with Gasteiger partial charge in [-0.05, 0) is 31.0 Å². The quantitative estimate of drug-likeness (QED) is 0.570. The molecule has 0 saturated carbocycles. The molecule has 1 aromatic rings. The van der Waals surface area contributed by atoms with Crippen molar-refractivity contribution in [1.29, 1.82) is 0 Å². The first-order chi connectivity index (χ1) is 9.04. The molecule has 0 amide bonds. The van der Waals surface area contributed by atoms with E-state index in [-0.39, 0.29) is 6.04 Å². The van der Waals surface area contributed by atoms with Gasteiger partial charge < -0.3 is 15.8 Å². The Morgan fingerprint density at radius 3 is 2.84 bits per heavy atom. The van der Waals surface area contributed by atoms with E-state index in [4.69, 9.17) is 10.5 Å². The van der Waals surface area contributed by atoms with Crippen LogP contribution in [0.1, 0.15) is 24.1 Å². The SMILES string of the molecule is C=C(C)COCCNC(CN)c1ccc(C)c(Br)c1. The lowest BCUT2D eigenvalue weighted by Crippen LogP contribution is -2.31. The number of hydrogen-bond acceptors (Lipinski definition) is 3. The van der Waals surface area contributed by atoms with Gasteiger partial charge in [-0.2, -0.15) is 0 Å². The lowest BCUT2D eigenvalue weighted by Gasteiger charge is -2.18. The highest BCUT2D eigenvalue weighted by Gasteiger charge is 2.09. The molecule has 19 heavy (non-hydrogen) atoms. The molecule has 0 saturated heterocycles. The second-order valence-electron chi connectivity index (χ2n) is 4.76. The number of ether oxygens (including phenoxy) is 1. The molecule has 0 spiro atoms. The van der Waals surface area contributed by atoms with Gasteiger partial charge in [-0.1, -0.05) is 40.2 Å². The molecule has 3 N–H and O–H groups in total. The average Bonchev–Trinajstić information content (AvgIpc) is 2.37. The Kier molecular flexibility index (Phi) is 7.31. The molecule has 1 atom stereocenters. The Bertz CT molecular complexity index is 421. The maximum atomic E-state index is 5.82. The molecule has 0 aliphatic rings. The summed E-state index contributed by atoms with van der Waals surface area (Å²) >= 11 is 3.55. The maximum absolute atomic E-state index is 5.82. The topological polar surface area (TPSA) is 47.3 Å². The highest BCUT2D eigenvalue weighted by Crippen LogP contribution is 2.21. The van der Waals surface area contributed by atoms with E-state index in [1.54, 1.807) is 0 Å². The molecule has 0 heterocycles. The molecule has 3 nitrogen and oxygen atoms in total. The predicted octanol–water partition coefficient (Wildman–Crippen LogP) is 2.94. The van der Waals surface area contributed by atoms with Crippen LogP contribution in [0.3, 0.4) is 0 Å². The van der Waals surface area contributed by atoms with Crippen LogP contribution in [0, 0.1) is 6.92 Å². The fourth-order valence-corrected chi connectivity index (χ4v) is 2.11. The highest BCUT2D eigenvalue weighted by molar-refractivity contribution is 9.10. The number of rotatable bonds is 8. The highest BCUT2D eigenvalue weighted by atomic mass is 79.9. The van der Waals surface area contributed by atoms with Crippen LogP contribution in [0.4, 0.5) is 0 Å². The lowest BCUT2D eigenvalue weighted by molar-refractivity contribution is 0.155. The van der Waals surface area contributed by atoms with Crippen LogP contribution in [-0.4, -0.2) is 26.3 Å². The minimum absolute atomic E-state index is 0.158. The van der Waals surface area contributed by atoms with E-state index >= 15 is 0 Å². The van der Waals surface area contributed by atoms with Crippen molar-refractivity contribution in [2.24, 2.45) is 5.73 Å². The van der Waals surface area contributed by atoms with Crippen molar-refractivity contribution in [2.75, 3.05) is 26.3 Å². The van der Waals surface area contributed by atoms with Crippen molar-refractivity contribution in [3.63, 3.8) is 0 Å². The molecule has 1 aromatic carbocycles. The van der Waals surface area contributed by atoms with E-state index in [0.29, 0.717) is 19.8 Å². The zero-order chi connectivity index (χ0) is 14.3. The Balaban J connectivity index is 2.44. The van der Waals surface area contributed by atoms with Gasteiger partial charge in [0.1, 0.15) is 0 Å². The summed E-state index contributed by atoms with van der Waals surface area (Å²) in [6.07, 6.45) is 0. The van der Waals surface area contributed by atoms with Crippen LogP contribution in [0.5, 0.6) is 0 Å². The van der Waals surface area contributed by atoms with E-state index < -0.39 is 0 Å². The average molecular weight is 327 g/mol. The van der Waals surface area contributed by atoms with Crippen LogP contribution in [-0.2, 0) is 4.74 Å². The fourth-order valence-electron chi connectivity index (χ4n) is 1.71. The van der Waals surface area contributed by atoms with Crippen molar-refractivity contribution in [2.45, 2.75) is 19.9 Å². The van der Waals surface area contributed by atoms with E-state index in [2.05, 4.69) is 52.9 Å². The molecule has 0 bridgehead atoms. The van der Waals surface area contributed by atoms with Gasteiger partial charge in [-0.25, -0.2) is 0 Å². The van der Waals surface area contributed by atoms with Crippen molar-refractivity contribution in [3.05, 3.63) is 46.0 Å². The van der Waals surface area contributed by atoms with E-state index in [1.165, 1.54) is 11.1 Å². The number of aryl methyl sites for hydroxylation is 1. The van der Waals surface area contributed by atoms with Crippen LogP contribution >= 0.6 is 15.9 Å². The van der Waals surface area contributed by atoms with E-state index in [0.717, 1.165) is 16.6 Å². The third kappa shape index (κ3) is 5.87. The molecule has 0 aliphatic carbocycles. The summed E-state index contributed by atoms with van der Waals surface area (Å²) < 4.78 is 6.57. The fraction of sp³-hybridized carbons (Fsp3) is 0.467. The van der Waals surface area contributed by atoms with Gasteiger partial charge in [-0.3, -0.25) is 0 Å². The van der Waals surface area contributed by atoms with Gasteiger partial charge >= 0.3 is 0 Å². The summed E-state index contributed by atoms with van der Waals surface area (Å²) in [5.74, 6) is 0. The summed E-state index contributed by atoms with van der Waals surface area (Å²) in [6.45, 7) is 10.5. The molecule has 0 aliphatic heterocycles. The number of hydrogen-bond donors (Lipinski definition) is 2. The van der Waals surface area contributed by atoms with Gasteiger partial charge in [0.05, 0.1) is 13.2 Å². The summed E-state index contributed by atoms with van der Waals surface area (Å²) in [4.78, 5) is 0. The molecular weight excluding hydrogens is 304 g/mol. The summed E-state index contributed by atoms with van der Waals surface area (Å²) in [5, 5.41) is 3.41. The summed E-state index contributed by atoms with van der Waals surface area (Å²) in [7, 11) is 0. The monoisotopic (exact) mass is 326 g/mol. The third-order valence-corrected chi connectivity index (χ3v) is 3.67. The smallest absolute Gasteiger partial charge is 0.0672 e. The van der Waals surface area contributed by atoms with Crippen molar-refractivity contribution >= 4 is 15.9 Å². The van der Waals surface area contributed by atoms with Crippen molar-refractivity contribution < 1.29 is 4.74 Å². The van der Waals surface area contributed by atoms with Crippen LogP contribution in [0.2, 0.25) is 0 Å². The Morgan fingerprint density at radius 1 is 1.53 bits per heavy atom. The van der Waals surface area contributed by atoms with Crippen molar-refractivity contribution in [3.8, 4) is 0 Å². The molecule has 0 radical (unpaired) electrons. The summed E-state index contributed by atoms with van der Waals surface area (Å²) in [5.41, 5.74) is 9.28. The number of nitrogens with one attached hydrogen (secondary N) is 1. The van der Waals surface area contributed by atoms with Crippen molar-refractivity contribution in [1.82, 2.24) is 5.32 Å². The molecular formula is C15H23BrN2O. The number of benzene rings is 1. The lowest BCUT2D eigenvalue weighted by atomic mass is 10.1. The maximum Gasteiger partial charge on any atom is 0.0672 e. The Morgan fingerprint density at radius 2 is 2.26 bits per heavy atom. The predicted molar refractivity (Wildman–Crippen MR) is 84.3 cm³/mol. The van der Waals surface area contributed by atoms with Gasteiger partial charge in [0.2, 0.25) is 0 Å². The second-order valence-corrected chi connectivity index (χ2v) is 5.62. The van der Waals surface area contributed by atoms with Crippen LogP contribution in [0.25, 0.3) is 0 Å². The van der Waals surface area contributed by atoms with Gasteiger partial charge in [0.15, 0.2) is 0 Å². The van der Waals surface area contributed by atoms with Gasteiger partial charge in [0, 0.05) is 23.6 Å². The van der Waals surface area contributed by atoms with E-state index in [1.807, 2.05) is 6.92 Å². The zero-order valence-corrected chi connectivity index (χ0v) is 13.3. The minimum atomic E-state index is 0.158. The third-order valence-electron chi connectivity index (χ3n) is 2.82. The van der Waals surface area contributed by atoms with Gasteiger partial charge in [-0.15, -0.1) is 0 Å². The van der Waals surface area contributed by atoms with E-state index in [9.17, 15) is 0 Å². The molecule has 1 unspecified atom stereocenters. The number of halogens is 1.